The highest BCUT2D eigenvalue weighted by Gasteiger charge is 2.23. The summed E-state index contributed by atoms with van der Waals surface area (Å²) in [6.45, 7) is 13.1. The van der Waals surface area contributed by atoms with Crippen LogP contribution in [0.5, 0.6) is 0 Å². The summed E-state index contributed by atoms with van der Waals surface area (Å²) < 4.78 is 5.54. The van der Waals surface area contributed by atoms with Gasteiger partial charge in [0.15, 0.2) is 0 Å². The predicted molar refractivity (Wildman–Crippen MR) is 84.7 cm³/mol. The Bertz CT molecular complexity index is 286. The Kier molecular flexibility index (Phi) is 9.83. The zero-order valence-corrected chi connectivity index (χ0v) is 14.2. The standard InChI is InChI=1S/C16H33N3O/c1-14(2)18-16(5,13-17)9-7-8-10-19(6)11-12-20-15(3)4/h14-15,18H,7-12H2,1-6H3. The summed E-state index contributed by atoms with van der Waals surface area (Å²) in [4.78, 5) is 2.29. The van der Waals surface area contributed by atoms with Gasteiger partial charge in [0.2, 0.25) is 0 Å². The van der Waals surface area contributed by atoms with Crippen LogP contribution in [0, 0.1) is 11.3 Å². The van der Waals surface area contributed by atoms with E-state index in [1.54, 1.807) is 0 Å². The maximum Gasteiger partial charge on any atom is 0.104 e. The maximum atomic E-state index is 9.27. The van der Waals surface area contributed by atoms with Gasteiger partial charge in [-0.2, -0.15) is 5.26 Å². The number of hydrogen-bond donors (Lipinski definition) is 1. The van der Waals surface area contributed by atoms with Crippen LogP contribution in [0.1, 0.15) is 53.9 Å². The molecule has 0 heterocycles. The van der Waals surface area contributed by atoms with Gasteiger partial charge in [-0.05, 0) is 67.5 Å². The SMILES string of the molecule is CC(C)NC(C)(C#N)CCCCN(C)CCOC(C)C. The molecule has 4 nitrogen and oxygen atoms in total. The number of ether oxygens (including phenoxy) is 1. The largest absolute Gasteiger partial charge is 0.377 e. The lowest BCUT2D eigenvalue weighted by Crippen LogP contribution is -2.44. The molecule has 0 aliphatic carbocycles. The number of nitrogens with zero attached hydrogens (tertiary/aromatic N) is 2. The Morgan fingerprint density at radius 3 is 2.35 bits per heavy atom. The van der Waals surface area contributed by atoms with E-state index in [0.717, 1.165) is 39.0 Å². The number of nitrogens with one attached hydrogen (secondary N) is 1. The molecule has 0 aliphatic heterocycles. The first-order chi connectivity index (χ1) is 9.29. The van der Waals surface area contributed by atoms with Gasteiger partial charge < -0.3 is 9.64 Å². The van der Waals surface area contributed by atoms with Crippen LogP contribution in [0.4, 0.5) is 0 Å². The maximum absolute atomic E-state index is 9.27. The molecule has 20 heavy (non-hydrogen) atoms. The van der Waals surface area contributed by atoms with Crippen molar-refractivity contribution in [2.24, 2.45) is 0 Å². The minimum Gasteiger partial charge on any atom is -0.377 e. The molecule has 0 rings (SSSR count). The van der Waals surface area contributed by atoms with Gasteiger partial charge in [-0.1, -0.05) is 0 Å². The lowest BCUT2D eigenvalue weighted by Gasteiger charge is -2.26. The molecule has 4 heteroatoms. The molecule has 0 saturated heterocycles. The molecule has 0 fully saturated rings. The van der Waals surface area contributed by atoms with Crippen LogP contribution in [0.25, 0.3) is 0 Å². The van der Waals surface area contributed by atoms with E-state index in [-0.39, 0.29) is 0 Å². The lowest BCUT2D eigenvalue weighted by atomic mass is 9.95. The van der Waals surface area contributed by atoms with Crippen molar-refractivity contribution in [1.29, 1.82) is 5.26 Å². The van der Waals surface area contributed by atoms with E-state index in [4.69, 9.17) is 4.74 Å². The summed E-state index contributed by atoms with van der Waals surface area (Å²) in [5, 5.41) is 12.6. The van der Waals surface area contributed by atoms with Crippen LogP contribution in [0.15, 0.2) is 0 Å². The molecule has 0 aromatic carbocycles. The van der Waals surface area contributed by atoms with Crippen molar-refractivity contribution < 1.29 is 4.74 Å². The lowest BCUT2D eigenvalue weighted by molar-refractivity contribution is 0.0635. The van der Waals surface area contributed by atoms with Gasteiger partial charge in [0.25, 0.3) is 0 Å². The van der Waals surface area contributed by atoms with Crippen LogP contribution in [0.2, 0.25) is 0 Å². The van der Waals surface area contributed by atoms with Crippen molar-refractivity contribution in [3.8, 4) is 6.07 Å². The fourth-order valence-electron chi connectivity index (χ4n) is 2.21. The van der Waals surface area contributed by atoms with Gasteiger partial charge in [0.1, 0.15) is 5.54 Å². The van der Waals surface area contributed by atoms with Crippen molar-refractivity contribution >= 4 is 0 Å². The molecule has 0 aromatic rings. The Labute approximate surface area is 125 Å². The number of hydrogen-bond acceptors (Lipinski definition) is 4. The van der Waals surface area contributed by atoms with E-state index in [1.807, 2.05) is 6.92 Å². The minimum absolute atomic E-state index is 0.307. The van der Waals surface area contributed by atoms with Gasteiger partial charge in [0, 0.05) is 12.6 Å². The molecule has 0 bridgehead atoms. The molecule has 0 saturated carbocycles. The van der Waals surface area contributed by atoms with Crippen molar-refractivity contribution in [2.45, 2.75) is 71.6 Å². The fourth-order valence-corrected chi connectivity index (χ4v) is 2.21. The van der Waals surface area contributed by atoms with E-state index in [0.29, 0.717) is 12.1 Å². The molecule has 0 aromatic heterocycles. The number of likely N-dealkylation sites (N-methyl/N-ethyl adjacent to an activating group) is 1. The predicted octanol–water partition coefficient (Wildman–Crippen LogP) is 2.79. The Hall–Kier alpha value is -0.630. The smallest absolute Gasteiger partial charge is 0.104 e. The Morgan fingerprint density at radius 1 is 1.20 bits per heavy atom. The van der Waals surface area contributed by atoms with Crippen molar-refractivity contribution in [3.63, 3.8) is 0 Å². The second-order valence-corrected chi connectivity index (χ2v) is 6.42. The van der Waals surface area contributed by atoms with Gasteiger partial charge in [0.05, 0.1) is 18.8 Å². The average molecular weight is 283 g/mol. The summed E-state index contributed by atoms with van der Waals surface area (Å²) in [5.74, 6) is 0. The molecule has 1 N–H and O–H groups in total. The molecule has 0 amide bonds. The molecular weight excluding hydrogens is 250 g/mol. The number of unbranched alkanes of at least 4 members (excludes halogenated alkanes) is 1. The first-order valence-corrected chi connectivity index (χ1v) is 7.78. The van der Waals surface area contributed by atoms with E-state index in [2.05, 4.69) is 51.0 Å². The fraction of sp³-hybridized carbons (Fsp3) is 0.938. The first kappa shape index (κ1) is 19.4. The molecule has 1 unspecified atom stereocenters. The molecule has 1 atom stereocenters. The van der Waals surface area contributed by atoms with Crippen LogP contribution in [-0.2, 0) is 4.74 Å². The van der Waals surface area contributed by atoms with Gasteiger partial charge in [-0.15, -0.1) is 0 Å². The highest BCUT2D eigenvalue weighted by molar-refractivity contribution is 5.04. The van der Waals surface area contributed by atoms with Gasteiger partial charge in [-0.25, -0.2) is 0 Å². The summed E-state index contributed by atoms with van der Waals surface area (Å²) in [7, 11) is 2.12. The molecule has 0 aliphatic rings. The summed E-state index contributed by atoms with van der Waals surface area (Å²) in [5.41, 5.74) is -0.395. The summed E-state index contributed by atoms with van der Waals surface area (Å²) in [6, 6.07) is 2.74. The normalized spacial score (nSPS) is 14.8. The van der Waals surface area contributed by atoms with Crippen molar-refractivity contribution in [1.82, 2.24) is 10.2 Å². The van der Waals surface area contributed by atoms with E-state index in [9.17, 15) is 5.26 Å². The van der Waals surface area contributed by atoms with Crippen LogP contribution in [0.3, 0.4) is 0 Å². The highest BCUT2D eigenvalue weighted by Crippen LogP contribution is 2.14. The Balaban J connectivity index is 3.76. The van der Waals surface area contributed by atoms with Crippen molar-refractivity contribution in [3.05, 3.63) is 0 Å². The third-order valence-corrected chi connectivity index (χ3v) is 3.24. The van der Waals surface area contributed by atoms with Crippen LogP contribution >= 0.6 is 0 Å². The van der Waals surface area contributed by atoms with E-state index < -0.39 is 5.54 Å². The third-order valence-electron chi connectivity index (χ3n) is 3.24. The minimum atomic E-state index is -0.395. The zero-order valence-electron chi connectivity index (χ0n) is 14.2. The van der Waals surface area contributed by atoms with Gasteiger partial charge in [-0.3, -0.25) is 5.32 Å². The number of nitriles is 1. The van der Waals surface area contributed by atoms with Crippen molar-refractivity contribution in [2.75, 3.05) is 26.7 Å². The second-order valence-electron chi connectivity index (χ2n) is 6.42. The topological polar surface area (TPSA) is 48.3 Å². The third kappa shape index (κ3) is 10.2. The first-order valence-electron chi connectivity index (χ1n) is 7.78. The van der Waals surface area contributed by atoms with E-state index in [1.165, 1.54) is 0 Å². The Morgan fingerprint density at radius 2 is 1.85 bits per heavy atom. The van der Waals surface area contributed by atoms with Gasteiger partial charge >= 0.3 is 0 Å². The number of rotatable bonds is 11. The summed E-state index contributed by atoms with van der Waals surface area (Å²) >= 11 is 0. The molecule has 0 radical (unpaired) electrons. The van der Waals surface area contributed by atoms with E-state index >= 15 is 0 Å². The molecular formula is C16H33N3O. The monoisotopic (exact) mass is 283 g/mol. The van der Waals surface area contributed by atoms with Crippen LogP contribution in [-0.4, -0.2) is 49.3 Å². The quantitative estimate of drug-likeness (QED) is 0.592. The molecule has 118 valence electrons. The van der Waals surface area contributed by atoms with Crippen LogP contribution < -0.4 is 5.32 Å². The average Bonchev–Trinajstić information content (AvgIpc) is 2.33. The highest BCUT2D eigenvalue weighted by atomic mass is 16.5. The molecule has 0 spiro atoms. The summed E-state index contributed by atoms with van der Waals surface area (Å²) in [6.07, 6.45) is 3.40. The second kappa shape index (κ2) is 10.1. The zero-order chi connectivity index (χ0) is 15.6.